The van der Waals surface area contributed by atoms with Gasteiger partial charge in [-0.3, -0.25) is 19.6 Å². The summed E-state index contributed by atoms with van der Waals surface area (Å²) in [7, 11) is 0. The fourth-order valence-corrected chi connectivity index (χ4v) is 3.73. The van der Waals surface area contributed by atoms with Crippen molar-refractivity contribution in [3.05, 3.63) is 64.4 Å². The standard InChI is InChI=1S/C21H23ClFN3O/c1-4-25(5-2)14(3)26-19-11-10-15(22)12-17(19)21(24-13-20(26)27)16-8-6-7-9-18(16)23/h6-12,14H,4-5,13H2,1-3H3. The molecule has 1 heterocycles. The summed E-state index contributed by atoms with van der Waals surface area (Å²) in [5.74, 6) is -0.496. The highest BCUT2D eigenvalue weighted by Gasteiger charge is 2.31. The first-order valence-electron chi connectivity index (χ1n) is 9.13. The second-order valence-corrected chi connectivity index (χ2v) is 6.86. The summed E-state index contributed by atoms with van der Waals surface area (Å²) < 4.78 is 14.5. The second kappa shape index (κ2) is 8.19. The lowest BCUT2D eigenvalue weighted by atomic mass is 9.99. The molecule has 142 valence electrons. The molecule has 0 saturated heterocycles. The van der Waals surface area contributed by atoms with Gasteiger partial charge in [0.25, 0.3) is 0 Å². The summed E-state index contributed by atoms with van der Waals surface area (Å²) in [5.41, 5.74) is 2.18. The predicted molar refractivity (Wildman–Crippen MR) is 108 cm³/mol. The van der Waals surface area contributed by atoms with Crippen molar-refractivity contribution in [1.29, 1.82) is 0 Å². The third-order valence-corrected chi connectivity index (χ3v) is 5.19. The summed E-state index contributed by atoms with van der Waals surface area (Å²) in [5, 5.41) is 0.516. The van der Waals surface area contributed by atoms with Crippen LogP contribution in [0, 0.1) is 5.82 Å². The van der Waals surface area contributed by atoms with Gasteiger partial charge in [-0.2, -0.15) is 0 Å². The summed E-state index contributed by atoms with van der Waals surface area (Å²) in [4.78, 5) is 21.4. The van der Waals surface area contributed by atoms with Crippen LogP contribution >= 0.6 is 11.6 Å². The van der Waals surface area contributed by atoms with Gasteiger partial charge in [-0.15, -0.1) is 0 Å². The van der Waals surface area contributed by atoms with Crippen LogP contribution in [0.1, 0.15) is 31.9 Å². The smallest absolute Gasteiger partial charge is 0.249 e. The Morgan fingerprint density at radius 1 is 1.19 bits per heavy atom. The van der Waals surface area contributed by atoms with E-state index in [0.717, 1.165) is 13.1 Å². The molecule has 2 aromatic carbocycles. The van der Waals surface area contributed by atoms with Gasteiger partial charge in [0.05, 0.1) is 17.6 Å². The molecule has 0 aromatic heterocycles. The second-order valence-electron chi connectivity index (χ2n) is 6.42. The molecule has 0 fully saturated rings. The van der Waals surface area contributed by atoms with Crippen LogP contribution in [0.3, 0.4) is 0 Å². The quantitative estimate of drug-likeness (QED) is 0.764. The number of fused-ring (bicyclic) bond motifs is 1. The fourth-order valence-electron chi connectivity index (χ4n) is 3.56. The molecule has 0 spiro atoms. The van der Waals surface area contributed by atoms with Crippen molar-refractivity contribution in [3.63, 3.8) is 0 Å². The van der Waals surface area contributed by atoms with E-state index >= 15 is 0 Å². The number of benzodiazepines with no additional fused rings is 1. The van der Waals surface area contributed by atoms with E-state index in [0.29, 0.717) is 27.5 Å². The number of carbonyl (C=O) groups excluding carboxylic acids is 1. The highest BCUT2D eigenvalue weighted by atomic mass is 35.5. The average Bonchev–Trinajstić information content (AvgIpc) is 2.79. The average molecular weight is 388 g/mol. The third-order valence-electron chi connectivity index (χ3n) is 4.96. The summed E-state index contributed by atoms with van der Waals surface area (Å²) in [6, 6.07) is 11.8. The first-order chi connectivity index (χ1) is 13.0. The van der Waals surface area contributed by atoms with Gasteiger partial charge >= 0.3 is 0 Å². The first kappa shape index (κ1) is 19.5. The molecule has 0 aliphatic carbocycles. The molecule has 0 radical (unpaired) electrons. The zero-order chi connectivity index (χ0) is 19.6. The summed E-state index contributed by atoms with van der Waals surface area (Å²) in [6.07, 6.45) is -0.150. The third kappa shape index (κ3) is 3.75. The molecule has 1 aliphatic heterocycles. The Bertz CT molecular complexity index is 879. The Balaban J connectivity index is 2.18. The molecule has 1 unspecified atom stereocenters. The van der Waals surface area contributed by atoms with Crippen molar-refractivity contribution in [3.8, 4) is 0 Å². The van der Waals surface area contributed by atoms with Crippen LogP contribution in [0.5, 0.6) is 0 Å². The number of anilines is 1. The predicted octanol–water partition coefficient (Wildman–Crippen LogP) is 4.35. The molecular weight excluding hydrogens is 365 g/mol. The van der Waals surface area contributed by atoms with Crippen LogP contribution in [0.2, 0.25) is 5.02 Å². The van der Waals surface area contributed by atoms with Crippen LogP contribution in [0.15, 0.2) is 47.5 Å². The van der Waals surface area contributed by atoms with Crippen molar-refractivity contribution in [2.45, 2.75) is 26.9 Å². The zero-order valence-corrected chi connectivity index (χ0v) is 16.5. The first-order valence-corrected chi connectivity index (χ1v) is 9.51. The molecule has 27 heavy (non-hydrogen) atoms. The van der Waals surface area contributed by atoms with Gasteiger partial charge in [-0.1, -0.05) is 37.6 Å². The highest BCUT2D eigenvalue weighted by molar-refractivity contribution is 6.32. The number of hydrogen-bond donors (Lipinski definition) is 0. The minimum absolute atomic E-state index is 0.0401. The van der Waals surface area contributed by atoms with Crippen molar-refractivity contribution >= 4 is 28.9 Å². The maximum absolute atomic E-state index is 14.5. The Kier molecular flexibility index (Phi) is 5.92. The van der Waals surface area contributed by atoms with Crippen molar-refractivity contribution in [1.82, 2.24) is 4.90 Å². The van der Waals surface area contributed by atoms with E-state index in [1.54, 1.807) is 35.2 Å². The van der Waals surface area contributed by atoms with Gasteiger partial charge in [-0.25, -0.2) is 4.39 Å². The Labute approximate surface area is 164 Å². The van der Waals surface area contributed by atoms with Crippen molar-refractivity contribution in [2.75, 3.05) is 24.5 Å². The van der Waals surface area contributed by atoms with Gasteiger partial charge in [-0.05, 0) is 50.3 Å². The monoisotopic (exact) mass is 387 g/mol. The van der Waals surface area contributed by atoms with Gasteiger partial charge in [0.15, 0.2) is 0 Å². The lowest BCUT2D eigenvalue weighted by Crippen LogP contribution is -2.50. The minimum atomic E-state index is -0.375. The molecule has 1 atom stereocenters. The van der Waals surface area contributed by atoms with Crippen molar-refractivity contribution in [2.24, 2.45) is 4.99 Å². The maximum atomic E-state index is 14.5. The summed E-state index contributed by atoms with van der Waals surface area (Å²) in [6.45, 7) is 7.70. The van der Waals surface area contributed by atoms with Gasteiger partial charge < -0.3 is 0 Å². The molecule has 3 rings (SSSR count). The van der Waals surface area contributed by atoms with Crippen LogP contribution < -0.4 is 4.90 Å². The van der Waals surface area contributed by atoms with E-state index in [-0.39, 0.29) is 24.4 Å². The molecule has 4 nitrogen and oxygen atoms in total. The number of nitrogens with zero attached hydrogens (tertiary/aromatic N) is 3. The molecule has 0 N–H and O–H groups in total. The van der Waals surface area contributed by atoms with Crippen LogP contribution in [-0.4, -0.2) is 42.3 Å². The van der Waals surface area contributed by atoms with Gasteiger partial charge in [0, 0.05) is 16.1 Å². The largest absolute Gasteiger partial charge is 0.294 e. The molecule has 2 aromatic rings. The van der Waals surface area contributed by atoms with Crippen LogP contribution in [-0.2, 0) is 4.79 Å². The molecule has 6 heteroatoms. The van der Waals surface area contributed by atoms with E-state index < -0.39 is 0 Å². The number of hydrogen-bond acceptors (Lipinski definition) is 3. The van der Waals surface area contributed by atoms with Gasteiger partial charge in [0.2, 0.25) is 5.91 Å². The molecular formula is C21H23ClFN3O. The lowest BCUT2D eigenvalue weighted by Gasteiger charge is -2.36. The number of halogens is 2. The summed E-state index contributed by atoms with van der Waals surface area (Å²) >= 11 is 6.24. The fraction of sp³-hybridized carbons (Fsp3) is 0.333. The van der Waals surface area contributed by atoms with E-state index in [9.17, 15) is 9.18 Å². The SMILES string of the molecule is CCN(CC)C(C)N1C(=O)CN=C(c2ccccc2F)c2cc(Cl)ccc21. The van der Waals surface area contributed by atoms with Gasteiger partial charge in [0.1, 0.15) is 12.4 Å². The van der Waals surface area contributed by atoms with E-state index in [4.69, 9.17) is 11.6 Å². The number of benzene rings is 2. The number of rotatable bonds is 5. The Morgan fingerprint density at radius 3 is 2.56 bits per heavy atom. The normalized spacial score (nSPS) is 15.4. The lowest BCUT2D eigenvalue weighted by molar-refractivity contribution is -0.118. The highest BCUT2D eigenvalue weighted by Crippen LogP contribution is 2.32. The minimum Gasteiger partial charge on any atom is -0.294 e. The van der Waals surface area contributed by atoms with E-state index in [1.165, 1.54) is 6.07 Å². The molecule has 0 bridgehead atoms. The molecule has 1 amide bonds. The topological polar surface area (TPSA) is 35.9 Å². The van der Waals surface area contributed by atoms with E-state index in [1.807, 2.05) is 13.0 Å². The number of aliphatic imine (C=N–C) groups is 1. The van der Waals surface area contributed by atoms with Crippen molar-refractivity contribution < 1.29 is 9.18 Å². The van der Waals surface area contributed by atoms with Crippen LogP contribution in [0.4, 0.5) is 10.1 Å². The van der Waals surface area contributed by atoms with E-state index in [2.05, 4.69) is 23.7 Å². The zero-order valence-electron chi connectivity index (χ0n) is 15.7. The maximum Gasteiger partial charge on any atom is 0.249 e. The number of amides is 1. The Morgan fingerprint density at radius 2 is 1.89 bits per heavy atom. The molecule has 0 saturated carbocycles. The van der Waals surface area contributed by atoms with Crippen LogP contribution in [0.25, 0.3) is 0 Å². The molecule has 1 aliphatic rings. The number of carbonyl (C=O) groups is 1. The Hall–Kier alpha value is -2.24.